The van der Waals surface area contributed by atoms with Gasteiger partial charge in [-0.2, -0.15) is 4.31 Å². The van der Waals surface area contributed by atoms with E-state index in [0.29, 0.717) is 5.02 Å². The fourth-order valence-corrected chi connectivity index (χ4v) is 3.70. The lowest BCUT2D eigenvalue weighted by Gasteiger charge is -2.16. The minimum atomic E-state index is -3.60. The summed E-state index contributed by atoms with van der Waals surface area (Å²) in [5, 5.41) is 3.06. The average molecular weight is 337 g/mol. The highest BCUT2D eigenvalue weighted by Crippen LogP contribution is 2.26. The van der Waals surface area contributed by atoms with Gasteiger partial charge in [-0.15, -0.1) is 11.3 Å². The molecule has 0 unspecified atom stereocenters. The largest absolute Gasteiger partial charge is 0.248 e. The van der Waals surface area contributed by atoms with Crippen molar-refractivity contribution >= 4 is 44.6 Å². The van der Waals surface area contributed by atoms with Crippen LogP contribution >= 0.6 is 34.5 Å². The van der Waals surface area contributed by atoms with Crippen LogP contribution in [0.1, 0.15) is 5.01 Å². The summed E-state index contributed by atoms with van der Waals surface area (Å²) in [5.74, 6) is 0. The molecule has 0 spiro atoms. The fourth-order valence-electron chi connectivity index (χ4n) is 1.42. The van der Waals surface area contributed by atoms with E-state index >= 15 is 0 Å². The van der Waals surface area contributed by atoms with Crippen molar-refractivity contribution < 1.29 is 8.42 Å². The van der Waals surface area contributed by atoms with Crippen molar-refractivity contribution in [2.24, 2.45) is 0 Å². The molecule has 0 bridgehead atoms. The van der Waals surface area contributed by atoms with E-state index < -0.39 is 10.0 Å². The van der Waals surface area contributed by atoms with Crippen LogP contribution in [0.4, 0.5) is 0 Å². The minimum absolute atomic E-state index is 0.112. The summed E-state index contributed by atoms with van der Waals surface area (Å²) >= 11 is 13.0. The fraction of sp³-hybridized carbons (Fsp3) is 0.182. The van der Waals surface area contributed by atoms with Crippen LogP contribution in [0.2, 0.25) is 10.0 Å². The Kier molecular flexibility index (Phi) is 4.47. The number of hydrogen-bond donors (Lipinski definition) is 0. The van der Waals surface area contributed by atoms with Gasteiger partial charge in [0.25, 0.3) is 0 Å². The van der Waals surface area contributed by atoms with Gasteiger partial charge in [-0.05, 0) is 18.2 Å². The predicted molar refractivity (Wildman–Crippen MR) is 77.2 cm³/mol. The Morgan fingerprint density at radius 3 is 2.63 bits per heavy atom. The summed E-state index contributed by atoms with van der Waals surface area (Å²) in [4.78, 5) is 4.17. The van der Waals surface area contributed by atoms with Crippen LogP contribution in [0.15, 0.2) is 34.7 Å². The van der Waals surface area contributed by atoms with Gasteiger partial charge in [0.1, 0.15) is 5.01 Å². The zero-order valence-corrected chi connectivity index (χ0v) is 13.0. The molecule has 0 aliphatic carbocycles. The molecule has 102 valence electrons. The number of rotatable bonds is 4. The molecule has 4 nitrogen and oxygen atoms in total. The Bertz CT molecular complexity index is 672. The highest BCUT2D eigenvalue weighted by atomic mass is 35.5. The molecule has 2 rings (SSSR count). The normalized spacial score (nSPS) is 12.0. The lowest BCUT2D eigenvalue weighted by atomic mass is 10.4. The Hall–Kier alpha value is -0.660. The molecule has 1 heterocycles. The van der Waals surface area contributed by atoms with Crippen molar-refractivity contribution in [3.63, 3.8) is 0 Å². The molecule has 2 aromatic rings. The maximum Gasteiger partial charge on any atom is 0.243 e. The molecule has 0 aliphatic heterocycles. The van der Waals surface area contributed by atoms with Gasteiger partial charge < -0.3 is 0 Å². The quantitative estimate of drug-likeness (QED) is 0.860. The number of hydrogen-bond acceptors (Lipinski definition) is 4. The van der Waals surface area contributed by atoms with Crippen LogP contribution in [0.5, 0.6) is 0 Å². The first-order chi connectivity index (χ1) is 8.91. The third kappa shape index (κ3) is 3.27. The van der Waals surface area contributed by atoms with E-state index in [4.69, 9.17) is 23.2 Å². The molecule has 1 aromatic carbocycles. The van der Waals surface area contributed by atoms with Crippen LogP contribution in [-0.2, 0) is 16.6 Å². The Morgan fingerprint density at radius 2 is 2.05 bits per heavy atom. The zero-order valence-electron chi connectivity index (χ0n) is 9.88. The molecule has 19 heavy (non-hydrogen) atoms. The highest BCUT2D eigenvalue weighted by Gasteiger charge is 2.22. The molecule has 1 aromatic heterocycles. The van der Waals surface area contributed by atoms with E-state index in [2.05, 4.69) is 4.98 Å². The molecule has 0 N–H and O–H groups in total. The number of benzene rings is 1. The summed E-state index contributed by atoms with van der Waals surface area (Å²) in [5.41, 5.74) is 0. The first-order valence-electron chi connectivity index (χ1n) is 5.21. The molecule has 0 amide bonds. The number of nitrogens with zero attached hydrogens (tertiary/aromatic N) is 2. The van der Waals surface area contributed by atoms with Crippen molar-refractivity contribution in [1.82, 2.24) is 9.29 Å². The van der Waals surface area contributed by atoms with E-state index in [1.165, 1.54) is 40.9 Å². The van der Waals surface area contributed by atoms with Crippen LogP contribution < -0.4 is 0 Å². The number of thiazole rings is 1. The molecule has 0 fully saturated rings. The summed E-state index contributed by atoms with van der Waals surface area (Å²) in [6, 6.07) is 4.24. The standard InChI is InChI=1S/C11H10Cl2N2O2S2/c1-15(7-11-14-4-5-18-11)19(16,17)8-2-3-9(12)10(13)6-8/h2-6H,7H2,1H3. The molecule has 8 heteroatoms. The molecule has 0 atom stereocenters. The topological polar surface area (TPSA) is 50.3 Å². The third-order valence-corrected chi connectivity index (χ3v) is 5.74. The van der Waals surface area contributed by atoms with Crippen LogP contribution in [-0.4, -0.2) is 24.8 Å². The highest BCUT2D eigenvalue weighted by molar-refractivity contribution is 7.89. The molecule has 0 saturated heterocycles. The molecule has 0 saturated carbocycles. The van der Waals surface area contributed by atoms with Crippen LogP contribution in [0.3, 0.4) is 0 Å². The van der Waals surface area contributed by atoms with E-state index in [1.807, 2.05) is 0 Å². The van der Waals surface area contributed by atoms with Crippen molar-refractivity contribution in [3.05, 3.63) is 44.8 Å². The van der Waals surface area contributed by atoms with Gasteiger partial charge in [-0.25, -0.2) is 13.4 Å². The van der Waals surface area contributed by atoms with Gasteiger partial charge in [0.2, 0.25) is 10.0 Å². The first-order valence-corrected chi connectivity index (χ1v) is 8.28. The van der Waals surface area contributed by atoms with E-state index in [9.17, 15) is 8.42 Å². The number of halogens is 2. The molecule has 0 aliphatic rings. The monoisotopic (exact) mass is 336 g/mol. The Labute approximate surface area is 125 Å². The predicted octanol–water partition coefficient (Wildman–Crippen LogP) is 3.27. The van der Waals surface area contributed by atoms with Crippen molar-refractivity contribution in [2.45, 2.75) is 11.4 Å². The maximum atomic E-state index is 12.3. The second-order valence-electron chi connectivity index (χ2n) is 3.76. The zero-order chi connectivity index (χ0) is 14.0. The van der Waals surface area contributed by atoms with Gasteiger partial charge >= 0.3 is 0 Å². The van der Waals surface area contributed by atoms with E-state index in [1.54, 1.807) is 11.6 Å². The molecule has 0 radical (unpaired) electrons. The summed E-state index contributed by atoms with van der Waals surface area (Å²) in [7, 11) is -2.10. The molecular weight excluding hydrogens is 327 g/mol. The van der Waals surface area contributed by atoms with Crippen molar-refractivity contribution in [1.29, 1.82) is 0 Å². The summed E-state index contributed by atoms with van der Waals surface area (Å²) in [6.45, 7) is 0.222. The lowest BCUT2D eigenvalue weighted by molar-refractivity contribution is 0.466. The average Bonchev–Trinajstić information content (AvgIpc) is 2.85. The van der Waals surface area contributed by atoms with E-state index in [-0.39, 0.29) is 16.5 Å². The Morgan fingerprint density at radius 1 is 1.32 bits per heavy atom. The SMILES string of the molecule is CN(Cc1nccs1)S(=O)(=O)c1ccc(Cl)c(Cl)c1. The summed E-state index contributed by atoms with van der Waals surface area (Å²) < 4.78 is 25.9. The number of aromatic nitrogens is 1. The van der Waals surface area contributed by atoms with Crippen molar-refractivity contribution in [3.8, 4) is 0 Å². The second kappa shape index (κ2) is 5.76. The first kappa shape index (κ1) is 14.7. The summed E-state index contributed by atoms with van der Waals surface area (Å²) in [6.07, 6.45) is 1.64. The van der Waals surface area contributed by atoms with E-state index in [0.717, 1.165) is 5.01 Å². The molecular formula is C11H10Cl2N2O2S2. The van der Waals surface area contributed by atoms with Gasteiger partial charge in [0.15, 0.2) is 0 Å². The van der Waals surface area contributed by atoms with Crippen LogP contribution in [0.25, 0.3) is 0 Å². The van der Waals surface area contributed by atoms with Gasteiger partial charge in [0, 0.05) is 18.6 Å². The third-order valence-electron chi connectivity index (χ3n) is 2.44. The second-order valence-corrected chi connectivity index (χ2v) is 7.60. The lowest BCUT2D eigenvalue weighted by Crippen LogP contribution is -2.26. The maximum absolute atomic E-state index is 12.3. The van der Waals surface area contributed by atoms with Crippen LogP contribution in [0, 0.1) is 0 Å². The minimum Gasteiger partial charge on any atom is -0.248 e. The van der Waals surface area contributed by atoms with Gasteiger partial charge in [0.05, 0.1) is 21.5 Å². The Balaban J connectivity index is 2.28. The smallest absolute Gasteiger partial charge is 0.243 e. The van der Waals surface area contributed by atoms with Gasteiger partial charge in [-0.3, -0.25) is 0 Å². The van der Waals surface area contributed by atoms with Crippen molar-refractivity contribution in [2.75, 3.05) is 7.05 Å². The van der Waals surface area contributed by atoms with Gasteiger partial charge in [-0.1, -0.05) is 23.2 Å². The number of sulfonamides is 1.